The summed E-state index contributed by atoms with van der Waals surface area (Å²) >= 11 is 0. The van der Waals surface area contributed by atoms with Gasteiger partial charge in [0.1, 0.15) is 0 Å². The summed E-state index contributed by atoms with van der Waals surface area (Å²) in [7, 11) is 0. The molecule has 2 aromatic rings. The second kappa shape index (κ2) is 7.55. The second-order valence-corrected chi connectivity index (χ2v) is 6.28. The Morgan fingerprint density at radius 1 is 1.30 bits per heavy atom. The van der Waals surface area contributed by atoms with Crippen molar-refractivity contribution in [2.45, 2.75) is 6.42 Å². The third kappa shape index (κ3) is 3.65. The molecule has 27 heavy (non-hydrogen) atoms. The maximum atomic E-state index is 13.0. The number of nitrogens with one attached hydrogen (secondary N) is 2. The Bertz CT molecular complexity index is 934. The summed E-state index contributed by atoms with van der Waals surface area (Å²) in [5.41, 5.74) is 2.92. The van der Waals surface area contributed by atoms with Crippen LogP contribution in [0.4, 0.5) is 0 Å². The van der Waals surface area contributed by atoms with Crippen LogP contribution in [0.5, 0.6) is 0 Å². The van der Waals surface area contributed by atoms with Gasteiger partial charge in [0.15, 0.2) is 11.2 Å². The molecule has 8 nitrogen and oxygen atoms in total. The van der Waals surface area contributed by atoms with Crippen molar-refractivity contribution in [3.05, 3.63) is 53.7 Å². The van der Waals surface area contributed by atoms with Crippen LogP contribution < -0.4 is 10.6 Å². The van der Waals surface area contributed by atoms with E-state index < -0.39 is 0 Å². The van der Waals surface area contributed by atoms with Crippen molar-refractivity contribution in [1.82, 2.24) is 25.5 Å². The maximum absolute atomic E-state index is 13.0. The van der Waals surface area contributed by atoms with Crippen molar-refractivity contribution in [2.24, 2.45) is 0 Å². The molecule has 1 saturated heterocycles. The fourth-order valence-corrected chi connectivity index (χ4v) is 3.13. The number of rotatable bonds is 4. The number of hydrogen-bond acceptors (Lipinski definition) is 6. The summed E-state index contributed by atoms with van der Waals surface area (Å²) in [6.07, 6.45) is 8.03. The number of pyridine rings is 1. The first kappa shape index (κ1) is 17.2. The molecule has 0 spiro atoms. The summed E-state index contributed by atoms with van der Waals surface area (Å²) in [6.45, 7) is 2.82. The molecule has 8 heteroatoms. The highest BCUT2D eigenvalue weighted by Gasteiger charge is 2.22. The monoisotopic (exact) mass is 365 g/mol. The zero-order valence-corrected chi connectivity index (χ0v) is 14.6. The van der Waals surface area contributed by atoms with E-state index >= 15 is 0 Å². The first-order valence-electron chi connectivity index (χ1n) is 8.79. The highest BCUT2D eigenvalue weighted by molar-refractivity contribution is 5.99. The molecule has 2 N–H and O–H groups in total. The van der Waals surface area contributed by atoms with Gasteiger partial charge in [-0.05, 0) is 30.7 Å². The minimum atomic E-state index is -0.0799. The van der Waals surface area contributed by atoms with E-state index in [1.807, 2.05) is 6.08 Å². The molecule has 2 aliphatic rings. The van der Waals surface area contributed by atoms with Gasteiger partial charge in [0, 0.05) is 49.2 Å². The molecule has 1 aliphatic carbocycles. The van der Waals surface area contributed by atoms with Crippen LogP contribution in [0, 0.1) is 0 Å². The molecule has 2 aromatic heterocycles. The van der Waals surface area contributed by atoms with Crippen LogP contribution >= 0.6 is 0 Å². The Kier molecular flexibility index (Phi) is 4.80. The molecule has 3 heterocycles. The third-order valence-electron chi connectivity index (χ3n) is 4.50. The molecule has 1 fully saturated rings. The second-order valence-electron chi connectivity index (χ2n) is 6.28. The predicted octanol–water partition coefficient (Wildman–Crippen LogP) is 0.998. The van der Waals surface area contributed by atoms with Crippen LogP contribution in [0.1, 0.15) is 12.3 Å². The maximum Gasteiger partial charge on any atom is 0.254 e. The fraction of sp³-hybridized carbons (Fsp3) is 0.263. The lowest BCUT2D eigenvalue weighted by atomic mass is 10.1. The summed E-state index contributed by atoms with van der Waals surface area (Å²) in [4.78, 5) is 34.3. The van der Waals surface area contributed by atoms with Gasteiger partial charge in [-0.15, -0.1) is 0 Å². The first-order chi connectivity index (χ1) is 13.2. The molecule has 1 aliphatic heterocycles. The van der Waals surface area contributed by atoms with E-state index in [4.69, 9.17) is 4.42 Å². The molecule has 4 rings (SSSR count). The van der Waals surface area contributed by atoms with Crippen LogP contribution in [0.2, 0.25) is 0 Å². The molecule has 0 aromatic carbocycles. The number of fused-ring (bicyclic) bond motifs is 1. The number of oxazole rings is 1. The standard InChI is InChI=1S/C19H19N5O3/c25-12-22-15-4-3-13(18-23-17-16(27-18)2-1-5-21-17)10-14(11-15)19(26)24-8-6-20-7-9-24/h1-2,4-5,10-12,20H,3,6-9H2,(H,22,25). The van der Waals surface area contributed by atoms with Gasteiger partial charge in [0.25, 0.3) is 5.91 Å². The van der Waals surface area contributed by atoms with Gasteiger partial charge in [-0.2, -0.15) is 4.98 Å². The van der Waals surface area contributed by atoms with Gasteiger partial charge >= 0.3 is 0 Å². The minimum absolute atomic E-state index is 0.0799. The summed E-state index contributed by atoms with van der Waals surface area (Å²) < 4.78 is 5.81. The number of piperazine rings is 1. The van der Waals surface area contributed by atoms with Crippen molar-refractivity contribution in [3.8, 4) is 0 Å². The van der Waals surface area contributed by atoms with Gasteiger partial charge in [0.05, 0.1) is 0 Å². The zero-order valence-electron chi connectivity index (χ0n) is 14.6. The largest absolute Gasteiger partial charge is 0.435 e. The summed E-state index contributed by atoms with van der Waals surface area (Å²) in [6, 6.07) is 3.58. The van der Waals surface area contributed by atoms with Crippen molar-refractivity contribution in [3.63, 3.8) is 0 Å². The van der Waals surface area contributed by atoms with Crippen molar-refractivity contribution >= 4 is 29.1 Å². The summed E-state index contributed by atoms with van der Waals surface area (Å²) in [5.74, 6) is 0.343. The normalized spacial score (nSPS) is 17.6. The van der Waals surface area contributed by atoms with E-state index in [-0.39, 0.29) is 5.91 Å². The zero-order chi connectivity index (χ0) is 18.6. The Labute approximate surface area is 155 Å². The van der Waals surface area contributed by atoms with Crippen LogP contribution in [0.15, 0.2) is 52.2 Å². The Hall–Kier alpha value is -3.26. The van der Waals surface area contributed by atoms with Crippen LogP contribution in [0.25, 0.3) is 16.8 Å². The van der Waals surface area contributed by atoms with E-state index in [1.54, 1.807) is 35.4 Å². The molecule has 0 unspecified atom stereocenters. The van der Waals surface area contributed by atoms with Gasteiger partial charge < -0.3 is 20.0 Å². The number of carbonyl (C=O) groups excluding carboxylic acids is 2. The number of nitrogens with zero attached hydrogens (tertiary/aromatic N) is 3. The highest BCUT2D eigenvalue weighted by atomic mass is 16.3. The number of allylic oxidation sites excluding steroid dienone is 3. The molecule has 138 valence electrons. The Morgan fingerprint density at radius 3 is 2.93 bits per heavy atom. The molecular formula is C19H19N5O3. The van der Waals surface area contributed by atoms with Crippen molar-refractivity contribution in [2.75, 3.05) is 26.2 Å². The quantitative estimate of drug-likeness (QED) is 0.784. The van der Waals surface area contributed by atoms with Crippen LogP contribution in [-0.2, 0) is 9.59 Å². The Morgan fingerprint density at radius 2 is 2.15 bits per heavy atom. The lowest BCUT2D eigenvalue weighted by Crippen LogP contribution is -2.46. The highest BCUT2D eigenvalue weighted by Crippen LogP contribution is 2.27. The fourth-order valence-electron chi connectivity index (χ4n) is 3.13. The molecule has 2 amide bonds. The van der Waals surface area contributed by atoms with Crippen LogP contribution in [-0.4, -0.2) is 53.4 Å². The summed E-state index contributed by atoms with van der Waals surface area (Å²) in [5, 5.41) is 5.87. The SMILES string of the molecule is O=CNC1=CCC(c2nc3ncccc3o2)=CC(C(=O)N2CCNCC2)=C1. The molecule has 0 radical (unpaired) electrons. The molecular weight excluding hydrogens is 346 g/mol. The smallest absolute Gasteiger partial charge is 0.254 e. The average molecular weight is 365 g/mol. The first-order valence-corrected chi connectivity index (χ1v) is 8.79. The minimum Gasteiger partial charge on any atom is -0.435 e. The molecule has 0 bridgehead atoms. The topological polar surface area (TPSA) is 100 Å². The van der Waals surface area contributed by atoms with Gasteiger partial charge in [-0.3, -0.25) is 9.59 Å². The van der Waals surface area contributed by atoms with Crippen molar-refractivity contribution in [1.29, 1.82) is 0 Å². The third-order valence-corrected chi connectivity index (χ3v) is 4.50. The lowest BCUT2D eigenvalue weighted by Gasteiger charge is -2.27. The number of carbonyl (C=O) groups is 2. The number of amides is 2. The molecule has 0 saturated carbocycles. The average Bonchev–Trinajstić information content (AvgIpc) is 3.03. The predicted molar refractivity (Wildman–Crippen MR) is 99.2 cm³/mol. The molecule has 0 atom stereocenters. The number of hydrogen-bond donors (Lipinski definition) is 2. The van der Waals surface area contributed by atoms with E-state index in [0.717, 1.165) is 18.7 Å². The van der Waals surface area contributed by atoms with Gasteiger partial charge in [-0.25, -0.2) is 4.98 Å². The van der Waals surface area contributed by atoms with Crippen LogP contribution in [0.3, 0.4) is 0 Å². The van der Waals surface area contributed by atoms with Crippen molar-refractivity contribution < 1.29 is 14.0 Å². The Balaban J connectivity index is 1.70. The van der Waals surface area contributed by atoms with Gasteiger partial charge in [-0.1, -0.05) is 6.08 Å². The lowest BCUT2D eigenvalue weighted by molar-refractivity contribution is -0.127. The van der Waals surface area contributed by atoms with E-state index in [2.05, 4.69) is 20.6 Å². The van der Waals surface area contributed by atoms with E-state index in [1.165, 1.54) is 0 Å². The van der Waals surface area contributed by atoms with E-state index in [9.17, 15) is 9.59 Å². The number of aromatic nitrogens is 2. The van der Waals surface area contributed by atoms with Gasteiger partial charge in [0.2, 0.25) is 12.3 Å². The van der Waals surface area contributed by atoms with E-state index in [0.29, 0.717) is 54.3 Å².